The zero-order chi connectivity index (χ0) is 21.1. The number of hydrogen-bond donors (Lipinski definition) is 1. The largest absolute Gasteiger partial charge is 0.452 e. The quantitative estimate of drug-likeness (QED) is 0.610. The van der Waals surface area contributed by atoms with Gasteiger partial charge in [0.15, 0.2) is 12.4 Å². The Labute approximate surface area is 172 Å². The fraction of sp³-hybridized carbons (Fsp3) is 0.300. The lowest BCUT2D eigenvalue weighted by Gasteiger charge is -2.07. The number of ether oxygens (including phenoxy) is 1. The molecular weight excluding hydrogens is 396 g/mol. The highest BCUT2D eigenvalue weighted by molar-refractivity contribution is 6.30. The van der Waals surface area contributed by atoms with Crippen LogP contribution in [0.1, 0.15) is 41.6 Å². The number of nitrogens with one attached hydrogen (secondary N) is 1. The minimum absolute atomic E-state index is 0.0340. The van der Waals surface area contributed by atoms with Crippen molar-refractivity contribution in [3.63, 3.8) is 0 Å². The van der Waals surface area contributed by atoms with E-state index in [2.05, 4.69) is 15.6 Å². The summed E-state index contributed by atoms with van der Waals surface area (Å²) in [5.41, 5.74) is 2.23. The Kier molecular flexibility index (Phi) is 6.03. The summed E-state index contributed by atoms with van der Waals surface area (Å²) in [5, 5.41) is 11.5. The number of carbonyl (C=O) groups excluding carboxylic acids is 2. The van der Waals surface area contributed by atoms with Gasteiger partial charge in [-0.1, -0.05) is 42.7 Å². The molecule has 3 aromatic rings. The first-order chi connectivity index (χ1) is 13.8. The predicted molar refractivity (Wildman–Crippen MR) is 108 cm³/mol. The number of aryl methyl sites for hydroxylation is 2. The number of rotatable bonds is 6. The summed E-state index contributed by atoms with van der Waals surface area (Å²) in [6.45, 7) is 4.97. The summed E-state index contributed by atoms with van der Waals surface area (Å²) in [5.74, 6) is -0.251. The number of halogens is 1. The molecular formula is C20H21ClN4O4. The maximum absolute atomic E-state index is 12.4. The maximum atomic E-state index is 12.4. The van der Waals surface area contributed by atoms with Gasteiger partial charge in [-0.25, -0.2) is 4.79 Å². The normalized spacial score (nSPS) is 11.0. The number of aromatic nitrogens is 3. The van der Waals surface area contributed by atoms with Crippen molar-refractivity contribution in [1.29, 1.82) is 0 Å². The van der Waals surface area contributed by atoms with Crippen molar-refractivity contribution in [3.05, 3.63) is 52.4 Å². The van der Waals surface area contributed by atoms with Gasteiger partial charge in [-0.15, -0.1) is 0 Å². The summed E-state index contributed by atoms with van der Waals surface area (Å²) < 4.78 is 11.9. The molecule has 0 radical (unpaired) electrons. The van der Waals surface area contributed by atoms with Crippen molar-refractivity contribution in [1.82, 2.24) is 14.9 Å². The Bertz CT molecular complexity index is 1040. The van der Waals surface area contributed by atoms with Gasteiger partial charge in [0.05, 0.1) is 11.4 Å². The number of esters is 1. The van der Waals surface area contributed by atoms with E-state index >= 15 is 0 Å². The lowest BCUT2D eigenvalue weighted by atomic mass is 10.1. The second kappa shape index (κ2) is 8.48. The van der Waals surface area contributed by atoms with Crippen molar-refractivity contribution >= 4 is 29.3 Å². The smallest absolute Gasteiger partial charge is 0.344 e. The molecule has 152 valence electrons. The number of anilines is 1. The Balaban J connectivity index is 1.64. The highest BCUT2D eigenvalue weighted by Crippen LogP contribution is 2.24. The van der Waals surface area contributed by atoms with Crippen LogP contribution in [0.4, 0.5) is 5.82 Å². The molecule has 0 atom stereocenters. The number of hydrogen-bond acceptors (Lipinski definition) is 6. The SMILES string of the molecule is Cc1noc(C(C)C)c1C(=O)OCC(=O)Nc1cc(-c2ccc(Cl)cc2)nn1C. The van der Waals surface area contributed by atoms with Crippen molar-refractivity contribution in [2.45, 2.75) is 26.7 Å². The second-order valence-electron chi connectivity index (χ2n) is 6.83. The third-order valence-electron chi connectivity index (χ3n) is 4.24. The highest BCUT2D eigenvalue weighted by atomic mass is 35.5. The average molecular weight is 417 g/mol. The fourth-order valence-corrected chi connectivity index (χ4v) is 2.88. The minimum Gasteiger partial charge on any atom is -0.452 e. The fourth-order valence-electron chi connectivity index (χ4n) is 2.76. The molecule has 0 aliphatic rings. The Morgan fingerprint density at radius 3 is 2.62 bits per heavy atom. The van der Waals surface area contributed by atoms with Gasteiger partial charge >= 0.3 is 5.97 Å². The van der Waals surface area contributed by atoms with Gasteiger partial charge in [0.2, 0.25) is 0 Å². The first kappa shape index (κ1) is 20.6. The van der Waals surface area contributed by atoms with Gasteiger partial charge in [0.1, 0.15) is 11.4 Å². The summed E-state index contributed by atoms with van der Waals surface area (Å²) in [6, 6.07) is 8.93. The minimum atomic E-state index is -0.644. The number of amides is 1. The molecule has 2 heterocycles. The second-order valence-corrected chi connectivity index (χ2v) is 7.27. The van der Waals surface area contributed by atoms with E-state index in [0.717, 1.165) is 5.56 Å². The molecule has 9 heteroatoms. The van der Waals surface area contributed by atoms with Crippen molar-refractivity contribution < 1.29 is 18.8 Å². The average Bonchev–Trinajstić information content (AvgIpc) is 3.23. The van der Waals surface area contributed by atoms with E-state index in [0.29, 0.717) is 28.0 Å². The molecule has 0 unspecified atom stereocenters. The predicted octanol–water partition coefficient (Wildman–Crippen LogP) is 3.96. The van der Waals surface area contributed by atoms with E-state index in [1.807, 2.05) is 26.0 Å². The molecule has 0 spiro atoms. The Morgan fingerprint density at radius 2 is 1.97 bits per heavy atom. The van der Waals surface area contributed by atoms with Gasteiger partial charge in [0.25, 0.3) is 5.91 Å². The van der Waals surface area contributed by atoms with Crippen molar-refractivity contribution in [2.24, 2.45) is 7.05 Å². The van der Waals surface area contributed by atoms with E-state index in [-0.39, 0.29) is 11.5 Å². The molecule has 1 N–H and O–H groups in total. The summed E-state index contributed by atoms with van der Waals surface area (Å²) in [7, 11) is 1.70. The summed E-state index contributed by atoms with van der Waals surface area (Å²) >= 11 is 5.90. The van der Waals surface area contributed by atoms with Gasteiger partial charge in [-0.05, 0) is 19.1 Å². The molecule has 0 aliphatic carbocycles. The monoisotopic (exact) mass is 416 g/mol. The van der Waals surface area contributed by atoms with Crippen LogP contribution in [-0.2, 0) is 16.6 Å². The van der Waals surface area contributed by atoms with Gasteiger partial charge in [-0.3, -0.25) is 9.48 Å². The molecule has 0 fully saturated rings. The molecule has 0 bridgehead atoms. The number of carbonyl (C=O) groups is 2. The molecule has 0 saturated carbocycles. The van der Waals surface area contributed by atoms with Crippen molar-refractivity contribution in [3.8, 4) is 11.3 Å². The van der Waals surface area contributed by atoms with Crippen LogP contribution in [-0.4, -0.2) is 33.4 Å². The van der Waals surface area contributed by atoms with Crippen LogP contribution in [0.2, 0.25) is 5.02 Å². The van der Waals surface area contributed by atoms with E-state index < -0.39 is 18.5 Å². The molecule has 8 nitrogen and oxygen atoms in total. The molecule has 0 saturated heterocycles. The van der Waals surface area contributed by atoms with E-state index in [1.54, 1.807) is 32.2 Å². The van der Waals surface area contributed by atoms with Crippen LogP contribution < -0.4 is 5.32 Å². The number of nitrogens with zero attached hydrogens (tertiary/aromatic N) is 3. The molecule has 1 aromatic carbocycles. The van der Waals surface area contributed by atoms with E-state index in [4.69, 9.17) is 20.9 Å². The highest BCUT2D eigenvalue weighted by Gasteiger charge is 2.24. The molecule has 1 amide bonds. The topological polar surface area (TPSA) is 99.2 Å². The Hall–Kier alpha value is -3.13. The third kappa shape index (κ3) is 4.65. The summed E-state index contributed by atoms with van der Waals surface area (Å²) in [4.78, 5) is 24.6. The summed E-state index contributed by atoms with van der Waals surface area (Å²) in [6.07, 6.45) is 0. The maximum Gasteiger partial charge on any atom is 0.344 e. The molecule has 3 rings (SSSR count). The van der Waals surface area contributed by atoms with Crippen LogP contribution >= 0.6 is 11.6 Å². The van der Waals surface area contributed by atoms with Gasteiger partial charge in [0, 0.05) is 29.6 Å². The van der Waals surface area contributed by atoms with E-state index in [1.165, 1.54) is 4.68 Å². The first-order valence-electron chi connectivity index (χ1n) is 8.99. The van der Waals surface area contributed by atoms with Crippen LogP contribution in [0.5, 0.6) is 0 Å². The lowest BCUT2D eigenvalue weighted by molar-refractivity contribution is -0.119. The zero-order valence-electron chi connectivity index (χ0n) is 16.5. The third-order valence-corrected chi connectivity index (χ3v) is 4.49. The van der Waals surface area contributed by atoms with Gasteiger partial charge in [-0.2, -0.15) is 5.10 Å². The molecule has 29 heavy (non-hydrogen) atoms. The van der Waals surface area contributed by atoms with Crippen LogP contribution in [0.3, 0.4) is 0 Å². The lowest BCUT2D eigenvalue weighted by Crippen LogP contribution is -2.22. The van der Waals surface area contributed by atoms with E-state index in [9.17, 15) is 9.59 Å². The Morgan fingerprint density at radius 1 is 1.28 bits per heavy atom. The molecule has 2 aromatic heterocycles. The molecule has 0 aliphatic heterocycles. The standard InChI is InChI=1S/C20H21ClN4O4/c1-11(2)19-18(12(3)24-29-19)20(27)28-10-17(26)22-16-9-15(23-25(16)4)13-5-7-14(21)8-6-13/h5-9,11H,10H2,1-4H3,(H,22,26). The number of benzene rings is 1. The first-order valence-corrected chi connectivity index (χ1v) is 9.37. The van der Waals surface area contributed by atoms with Crippen molar-refractivity contribution in [2.75, 3.05) is 11.9 Å². The van der Waals surface area contributed by atoms with Crippen LogP contribution in [0, 0.1) is 6.92 Å². The van der Waals surface area contributed by atoms with Gasteiger partial charge < -0.3 is 14.6 Å². The van der Waals surface area contributed by atoms with Crippen LogP contribution in [0.25, 0.3) is 11.3 Å². The van der Waals surface area contributed by atoms with Crippen LogP contribution in [0.15, 0.2) is 34.9 Å². The zero-order valence-corrected chi connectivity index (χ0v) is 17.3.